The zero-order valence-corrected chi connectivity index (χ0v) is 10.8. The molecule has 1 N–H and O–H groups in total. The van der Waals surface area contributed by atoms with Crippen molar-refractivity contribution in [3.05, 3.63) is 30.0 Å². The fourth-order valence-corrected chi connectivity index (χ4v) is 1.81. The molecule has 0 aliphatic carbocycles. The predicted octanol–water partition coefficient (Wildman–Crippen LogP) is 0.959. The lowest BCUT2D eigenvalue weighted by molar-refractivity contribution is -0.121. The van der Waals surface area contributed by atoms with Gasteiger partial charge in [-0.2, -0.15) is 5.10 Å². The topological polar surface area (TPSA) is 73.2 Å². The summed E-state index contributed by atoms with van der Waals surface area (Å²) in [5, 5.41) is 7.39. The quantitative estimate of drug-likeness (QED) is 0.832. The minimum atomic E-state index is -0.477. The summed E-state index contributed by atoms with van der Waals surface area (Å²) in [6, 6.07) is 7.25. The van der Waals surface area contributed by atoms with Gasteiger partial charge in [-0.05, 0) is 13.0 Å². The average Bonchev–Trinajstić information content (AvgIpc) is 2.78. The molecule has 0 aliphatic heterocycles. The van der Waals surface area contributed by atoms with E-state index >= 15 is 0 Å². The molecule has 0 spiro atoms. The molecule has 1 amide bonds. The van der Waals surface area contributed by atoms with Crippen LogP contribution in [-0.2, 0) is 16.1 Å². The van der Waals surface area contributed by atoms with E-state index in [0.29, 0.717) is 5.39 Å². The number of para-hydroxylation sites is 1. The van der Waals surface area contributed by atoms with Gasteiger partial charge in [0.2, 0.25) is 5.91 Å². The number of fused-ring (bicyclic) bond motifs is 1. The molecule has 19 heavy (non-hydrogen) atoms. The van der Waals surface area contributed by atoms with Crippen molar-refractivity contribution in [1.29, 1.82) is 0 Å². The van der Waals surface area contributed by atoms with Gasteiger partial charge in [-0.15, -0.1) is 0 Å². The number of carbonyl (C=O) groups is 2. The summed E-state index contributed by atoms with van der Waals surface area (Å²) < 4.78 is 6.47. The summed E-state index contributed by atoms with van der Waals surface area (Å²) in [7, 11) is 1.56. The van der Waals surface area contributed by atoms with E-state index in [1.807, 2.05) is 18.2 Å². The summed E-state index contributed by atoms with van der Waals surface area (Å²) >= 11 is 0. The van der Waals surface area contributed by atoms with Gasteiger partial charge in [0, 0.05) is 12.4 Å². The molecular formula is C13H15N3O3. The maximum atomic E-state index is 11.8. The fraction of sp³-hybridized carbons (Fsp3) is 0.308. The van der Waals surface area contributed by atoms with Crippen LogP contribution in [0.2, 0.25) is 0 Å². The predicted molar refractivity (Wildman–Crippen MR) is 69.8 cm³/mol. The van der Waals surface area contributed by atoms with Crippen molar-refractivity contribution in [3.8, 4) is 0 Å². The minimum Gasteiger partial charge on any atom is -0.461 e. The molecule has 1 heterocycles. The van der Waals surface area contributed by atoms with Gasteiger partial charge >= 0.3 is 5.97 Å². The van der Waals surface area contributed by atoms with Crippen LogP contribution in [0.25, 0.3) is 10.9 Å². The van der Waals surface area contributed by atoms with Crippen LogP contribution in [0.1, 0.15) is 17.4 Å². The SMILES string of the molecule is CCOC(=O)c1nn(CC(=O)NC)c2ccccc12. The van der Waals surface area contributed by atoms with Gasteiger partial charge in [-0.1, -0.05) is 18.2 Å². The molecule has 0 bridgehead atoms. The zero-order valence-electron chi connectivity index (χ0n) is 10.8. The van der Waals surface area contributed by atoms with Crippen molar-refractivity contribution >= 4 is 22.8 Å². The number of benzene rings is 1. The van der Waals surface area contributed by atoms with Crippen molar-refractivity contribution in [2.75, 3.05) is 13.7 Å². The molecule has 2 aromatic rings. The Morgan fingerprint density at radius 3 is 2.79 bits per heavy atom. The Morgan fingerprint density at radius 2 is 2.11 bits per heavy atom. The average molecular weight is 261 g/mol. The maximum absolute atomic E-state index is 11.8. The highest BCUT2D eigenvalue weighted by molar-refractivity contribution is 6.02. The number of aromatic nitrogens is 2. The lowest BCUT2D eigenvalue weighted by atomic mass is 10.2. The molecule has 0 aliphatic rings. The second kappa shape index (κ2) is 5.51. The smallest absolute Gasteiger partial charge is 0.359 e. The first-order valence-corrected chi connectivity index (χ1v) is 6.00. The van der Waals surface area contributed by atoms with Crippen molar-refractivity contribution < 1.29 is 14.3 Å². The first-order valence-electron chi connectivity index (χ1n) is 6.00. The summed E-state index contributed by atoms with van der Waals surface area (Å²) in [5.74, 6) is -0.655. The van der Waals surface area contributed by atoms with Crippen molar-refractivity contribution in [2.24, 2.45) is 0 Å². The lowest BCUT2D eigenvalue weighted by Gasteiger charge is -2.01. The van der Waals surface area contributed by atoms with Crippen molar-refractivity contribution in [2.45, 2.75) is 13.5 Å². The third-order valence-electron chi connectivity index (χ3n) is 2.70. The van der Waals surface area contributed by atoms with Crippen LogP contribution in [0.15, 0.2) is 24.3 Å². The molecule has 6 nitrogen and oxygen atoms in total. The third kappa shape index (κ3) is 2.57. The number of likely N-dealkylation sites (N-methyl/N-ethyl adjacent to an activating group) is 1. The minimum absolute atomic E-state index is 0.0659. The number of carbonyl (C=O) groups excluding carboxylic acids is 2. The number of ether oxygens (including phenoxy) is 1. The van der Waals surface area contributed by atoms with Crippen LogP contribution in [0.5, 0.6) is 0 Å². The molecule has 0 fully saturated rings. The number of nitrogens with one attached hydrogen (secondary N) is 1. The van der Waals surface area contributed by atoms with Gasteiger partial charge in [0.05, 0.1) is 12.1 Å². The highest BCUT2D eigenvalue weighted by Gasteiger charge is 2.18. The van der Waals surface area contributed by atoms with E-state index in [0.717, 1.165) is 5.52 Å². The van der Waals surface area contributed by atoms with Crippen LogP contribution in [-0.4, -0.2) is 35.3 Å². The van der Waals surface area contributed by atoms with E-state index < -0.39 is 5.97 Å². The van der Waals surface area contributed by atoms with E-state index in [1.54, 1.807) is 20.0 Å². The number of rotatable bonds is 4. The molecule has 0 saturated carbocycles. The Hall–Kier alpha value is -2.37. The van der Waals surface area contributed by atoms with Gasteiger partial charge in [0.25, 0.3) is 0 Å². The van der Waals surface area contributed by atoms with E-state index in [1.165, 1.54) is 4.68 Å². The highest BCUT2D eigenvalue weighted by atomic mass is 16.5. The molecule has 0 atom stereocenters. The van der Waals surface area contributed by atoms with Crippen LogP contribution >= 0.6 is 0 Å². The fourth-order valence-electron chi connectivity index (χ4n) is 1.81. The molecule has 2 rings (SSSR count). The molecule has 0 saturated heterocycles. The van der Waals surface area contributed by atoms with Gasteiger partial charge in [0.15, 0.2) is 5.69 Å². The summed E-state index contributed by atoms with van der Waals surface area (Å²) in [6.07, 6.45) is 0. The van der Waals surface area contributed by atoms with Gasteiger partial charge in [0.1, 0.15) is 6.54 Å². The second-order valence-corrected chi connectivity index (χ2v) is 3.92. The standard InChI is InChI=1S/C13H15N3O3/c1-3-19-13(18)12-9-6-4-5-7-10(9)16(15-12)8-11(17)14-2/h4-7H,3,8H2,1-2H3,(H,14,17). The third-order valence-corrected chi connectivity index (χ3v) is 2.70. The van der Waals surface area contributed by atoms with Crippen LogP contribution in [0, 0.1) is 0 Å². The van der Waals surface area contributed by atoms with Crippen LogP contribution in [0.3, 0.4) is 0 Å². The molecule has 1 aromatic carbocycles. The molecule has 6 heteroatoms. The number of amides is 1. The van der Waals surface area contributed by atoms with E-state index in [2.05, 4.69) is 10.4 Å². The lowest BCUT2D eigenvalue weighted by Crippen LogP contribution is -2.24. The van der Waals surface area contributed by atoms with Gasteiger partial charge < -0.3 is 10.1 Å². The van der Waals surface area contributed by atoms with Crippen LogP contribution < -0.4 is 5.32 Å². The maximum Gasteiger partial charge on any atom is 0.359 e. The number of hydrogen-bond donors (Lipinski definition) is 1. The van der Waals surface area contributed by atoms with E-state index in [9.17, 15) is 9.59 Å². The molecule has 100 valence electrons. The van der Waals surface area contributed by atoms with Gasteiger partial charge in [-0.3, -0.25) is 9.48 Å². The zero-order chi connectivity index (χ0) is 13.8. The van der Waals surface area contributed by atoms with Crippen molar-refractivity contribution in [1.82, 2.24) is 15.1 Å². The summed E-state index contributed by atoms with van der Waals surface area (Å²) in [6.45, 7) is 2.09. The Bertz CT molecular complexity index is 619. The summed E-state index contributed by atoms with van der Waals surface area (Å²) in [5.41, 5.74) is 0.968. The Balaban J connectivity index is 2.48. The molecule has 0 radical (unpaired) electrons. The van der Waals surface area contributed by atoms with Crippen LogP contribution in [0.4, 0.5) is 0 Å². The molecular weight excluding hydrogens is 246 g/mol. The van der Waals surface area contributed by atoms with E-state index in [-0.39, 0.29) is 24.8 Å². The largest absolute Gasteiger partial charge is 0.461 e. The Labute approximate surface area is 110 Å². The first kappa shape index (κ1) is 13.1. The normalized spacial score (nSPS) is 10.4. The number of nitrogens with zero attached hydrogens (tertiary/aromatic N) is 2. The van der Waals surface area contributed by atoms with Gasteiger partial charge in [-0.25, -0.2) is 4.79 Å². The molecule has 0 unspecified atom stereocenters. The highest BCUT2D eigenvalue weighted by Crippen LogP contribution is 2.19. The molecule has 1 aromatic heterocycles. The first-order chi connectivity index (χ1) is 9.17. The van der Waals surface area contributed by atoms with E-state index in [4.69, 9.17) is 4.74 Å². The monoisotopic (exact) mass is 261 g/mol. The number of esters is 1. The Morgan fingerprint density at radius 1 is 1.37 bits per heavy atom. The second-order valence-electron chi connectivity index (χ2n) is 3.92. The Kier molecular flexibility index (Phi) is 3.79. The van der Waals surface area contributed by atoms with Crippen molar-refractivity contribution in [3.63, 3.8) is 0 Å². The number of hydrogen-bond acceptors (Lipinski definition) is 4. The summed E-state index contributed by atoms with van der Waals surface area (Å²) in [4.78, 5) is 23.3.